The van der Waals surface area contributed by atoms with Crippen molar-refractivity contribution in [2.75, 3.05) is 19.7 Å². The molecule has 100 valence electrons. The molecule has 18 heavy (non-hydrogen) atoms. The summed E-state index contributed by atoms with van der Waals surface area (Å²) in [6.07, 6.45) is 1.62. The van der Waals surface area contributed by atoms with Crippen LogP contribution < -0.4 is 0 Å². The fraction of sp³-hybridized carbons (Fsp3) is 0.500. The minimum absolute atomic E-state index is 0.0847. The van der Waals surface area contributed by atoms with Gasteiger partial charge in [-0.1, -0.05) is 19.9 Å². The van der Waals surface area contributed by atoms with E-state index in [2.05, 4.69) is 32.7 Å². The van der Waals surface area contributed by atoms with Crippen molar-refractivity contribution in [2.45, 2.75) is 19.8 Å². The molecule has 0 atom stereocenters. The van der Waals surface area contributed by atoms with Gasteiger partial charge in [-0.05, 0) is 21.8 Å². The lowest BCUT2D eigenvalue weighted by molar-refractivity contribution is 0.0736. The molecule has 0 radical (unpaired) electrons. The van der Waals surface area contributed by atoms with Gasteiger partial charge in [-0.15, -0.1) is 6.58 Å². The van der Waals surface area contributed by atoms with E-state index in [0.29, 0.717) is 16.7 Å². The van der Waals surface area contributed by atoms with Gasteiger partial charge < -0.3 is 10.0 Å². The molecule has 1 amide bonds. The third-order valence-electron chi connectivity index (χ3n) is 2.52. The third-order valence-corrected chi connectivity index (χ3v) is 3.32. The maximum Gasteiger partial charge on any atom is 0.275 e. The van der Waals surface area contributed by atoms with Crippen molar-refractivity contribution >= 4 is 21.8 Å². The highest BCUT2D eigenvalue weighted by Crippen LogP contribution is 2.26. The zero-order valence-electron chi connectivity index (χ0n) is 10.6. The van der Waals surface area contributed by atoms with Gasteiger partial charge in [0.1, 0.15) is 0 Å². The predicted octanol–water partition coefficient (Wildman–Crippen LogP) is 1.92. The average Bonchev–Trinajstić information content (AvgIpc) is 2.70. The van der Waals surface area contributed by atoms with Gasteiger partial charge in [0, 0.05) is 13.1 Å². The van der Waals surface area contributed by atoms with Crippen LogP contribution >= 0.6 is 15.9 Å². The molecule has 1 aromatic heterocycles. The van der Waals surface area contributed by atoms with Gasteiger partial charge in [0.25, 0.3) is 5.91 Å². The van der Waals surface area contributed by atoms with Crippen molar-refractivity contribution in [3.63, 3.8) is 0 Å². The van der Waals surface area contributed by atoms with Gasteiger partial charge >= 0.3 is 0 Å². The Morgan fingerprint density at radius 1 is 1.67 bits per heavy atom. The second kappa shape index (κ2) is 6.70. The van der Waals surface area contributed by atoms with E-state index in [9.17, 15) is 4.79 Å². The largest absolute Gasteiger partial charge is 0.395 e. The predicted molar refractivity (Wildman–Crippen MR) is 73.6 cm³/mol. The number of carbonyl (C=O) groups excluding carboxylic acids is 1. The van der Waals surface area contributed by atoms with Crippen LogP contribution in [0.2, 0.25) is 0 Å². The van der Waals surface area contributed by atoms with Gasteiger partial charge in [-0.25, -0.2) is 0 Å². The maximum atomic E-state index is 12.2. The zero-order valence-corrected chi connectivity index (χ0v) is 12.2. The number of nitrogens with one attached hydrogen (secondary N) is 1. The molecule has 5 nitrogen and oxygen atoms in total. The highest BCUT2D eigenvalue weighted by molar-refractivity contribution is 9.10. The number of amides is 1. The summed E-state index contributed by atoms with van der Waals surface area (Å²) in [6, 6.07) is 0. The fourth-order valence-electron chi connectivity index (χ4n) is 1.57. The van der Waals surface area contributed by atoms with E-state index in [4.69, 9.17) is 5.11 Å². The molecule has 1 rings (SSSR count). The van der Waals surface area contributed by atoms with Crippen LogP contribution in [0.4, 0.5) is 0 Å². The number of hydrogen-bond acceptors (Lipinski definition) is 3. The summed E-state index contributed by atoms with van der Waals surface area (Å²) in [5.41, 5.74) is 1.23. The van der Waals surface area contributed by atoms with E-state index in [0.717, 1.165) is 5.69 Å². The zero-order chi connectivity index (χ0) is 13.7. The summed E-state index contributed by atoms with van der Waals surface area (Å²) in [7, 11) is 0. The standard InChI is InChI=1S/C12H18BrN3O2/c1-4-5-16(6-7-17)12(18)11-9(13)10(8(2)3)14-15-11/h4,8,17H,1,5-7H2,2-3H3,(H,14,15). The summed E-state index contributed by atoms with van der Waals surface area (Å²) in [5, 5.41) is 15.9. The Morgan fingerprint density at radius 2 is 2.33 bits per heavy atom. The second-order valence-electron chi connectivity index (χ2n) is 4.22. The van der Waals surface area contributed by atoms with Crippen LogP contribution in [-0.2, 0) is 0 Å². The van der Waals surface area contributed by atoms with Crippen LogP contribution in [0.3, 0.4) is 0 Å². The summed E-state index contributed by atoms with van der Waals surface area (Å²) >= 11 is 3.39. The van der Waals surface area contributed by atoms with Crippen molar-refractivity contribution in [1.29, 1.82) is 0 Å². The second-order valence-corrected chi connectivity index (χ2v) is 5.01. The van der Waals surface area contributed by atoms with Crippen molar-refractivity contribution in [1.82, 2.24) is 15.1 Å². The molecule has 1 heterocycles. The first kappa shape index (κ1) is 14.9. The highest BCUT2D eigenvalue weighted by Gasteiger charge is 2.23. The fourth-order valence-corrected chi connectivity index (χ4v) is 2.37. The minimum atomic E-state index is -0.223. The number of halogens is 1. The van der Waals surface area contributed by atoms with Crippen LogP contribution in [0.5, 0.6) is 0 Å². The Kier molecular flexibility index (Phi) is 5.55. The number of aliphatic hydroxyl groups is 1. The first-order valence-electron chi connectivity index (χ1n) is 5.77. The number of carbonyl (C=O) groups is 1. The van der Waals surface area contributed by atoms with E-state index in [1.54, 1.807) is 6.08 Å². The van der Waals surface area contributed by atoms with Crippen molar-refractivity contribution in [3.05, 3.63) is 28.5 Å². The number of hydrogen-bond donors (Lipinski definition) is 2. The maximum absolute atomic E-state index is 12.2. The lowest BCUT2D eigenvalue weighted by Crippen LogP contribution is -2.34. The molecule has 0 bridgehead atoms. The Hall–Kier alpha value is -1.14. The molecule has 6 heteroatoms. The Morgan fingerprint density at radius 3 is 2.78 bits per heavy atom. The molecule has 0 aliphatic heterocycles. The topological polar surface area (TPSA) is 69.2 Å². The Labute approximate surface area is 115 Å². The van der Waals surface area contributed by atoms with E-state index in [1.807, 2.05) is 13.8 Å². The normalized spacial score (nSPS) is 10.7. The third kappa shape index (κ3) is 3.20. The SMILES string of the molecule is C=CCN(CCO)C(=O)c1n[nH]c(C(C)C)c1Br. The molecular weight excluding hydrogens is 298 g/mol. The summed E-state index contributed by atoms with van der Waals surface area (Å²) in [5.74, 6) is 0.0260. The molecule has 0 aliphatic rings. The Bertz CT molecular complexity index is 429. The van der Waals surface area contributed by atoms with Gasteiger partial charge in [-0.2, -0.15) is 5.10 Å². The van der Waals surface area contributed by atoms with Crippen LogP contribution in [0.1, 0.15) is 35.9 Å². The molecule has 0 aromatic carbocycles. The van der Waals surface area contributed by atoms with Crippen LogP contribution in [-0.4, -0.2) is 45.8 Å². The molecule has 0 unspecified atom stereocenters. The van der Waals surface area contributed by atoms with Crippen LogP contribution in [0.15, 0.2) is 17.1 Å². The van der Waals surface area contributed by atoms with E-state index in [-0.39, 0.29) is 25.0 Å². The molecule has 2 N–H and O–H groups in total. The Balaban J connectivity index is 2.97. The summed E-state index contributed by atoms with van der Waals surface area (Å²) in [6.45, 7) is 8.20. The number of rotatable bonds is 6. The summed E-state index contributed by atoms with van der Waals surface area (Å²) < 4.78 is 0.689. The first-order valence-corrected chi connectivity index (χ1v) is 6.57. The molecule has 0 saturated carbocycles. The van der Waals surface area contributed by atoms with E-state index in [1.165, 1.54) is 4.90 Å². The minimum Gasteiger partial charge on any atom is -0.395 e. The van der Waals surface area contributed by atoms with Gasteiger partial charge in [0.15, 0.2) is 5.69 Å². The van der Waals surface area contributed by atoms with Gasteiger partial charge in [0.2, 0.25) is 0 Å². The van der Waals surface area contributed by atoms with Crippen LogP contribution in [0, 0.1) is 0 Å². The number of nitrogens with zero attached hydrogens (tertiary/aromatic N) is 2. The lowest BCUT2D eigenvalue weighted by Gasteiger charge is -2.18. The van der Waals surface area contributed by atoms with E-state index >= 15 is 0 Å². The number of aromatic nitrogens is 2. The lowest BCUT2D eigenvalue weighted by atomic mass is 10.1. The molecule has 0 aliphatic carbocycles. The highest BCUT2D eigenvalue weighted by atomic mass is 79.9. The molecular formula is C12H18BrN3O2. The monoisotopic (exact) mass is 315 g/mol. The summed E-state index contributed by atoms with van der Waals surface area (Å²) in [4.78, 5) is 13.7. The number of aromatic amines is 1. The molecule has 0 spiro atoms. The van der Waals surface area contributed by atoms with Crippen molar-refractivity contribution in [3.8, 4) is 0 Å². The molecule has 1 aromatic rings. The molecule has 0 saturated heterocycles. The smallest absolute Gasteiger partial charge is 0.275 e. The molecule has 0 fully saturated rings. The van der Waals surface area contributed by atoms with E-state index < -0.39 is 0 Å². The van der Waals surface area contributed by atoms with Gasteiger partial charge in [-0.3, -0.25) is 9.89 Å². The first-order chi connectivity index (χ1) is 8.52. The number of aliphatic hydroxyl groups excluding tert-OH is 1. The quantitative estimate of drug-likeness (QED) is 0.788. The van der Waals surface area contributed by atoms with Crippen LogP contribution in [0.25, 0.3) is 0 Å². The van der Waals surface area contributed by atoms with Crippen molar-refractivity contribution in [2.24, 2.45) is 0 Å². The van der Waals surface area contributed by atoms with Gasteiger partial charge in [0.05, 0.1) is 16.8 Å². The average molecular weight is 316 g/mol. The van der Waals surface area contributed by atoms with Crippen molar-refractivity contribution < 1.29 is 9.90 Å². The number of H-pyrrole nitrogens is 1.